The molecule has 1 saturated heterocycles. The van der Waals surface area contributed by atoms with Crippen molar-refractivity contribution in [2.24, 2.45) is 0 Å². The van der Waals surface area contributed by atoms with Crippen LogP contribution in [0.15, 0.2) is 18.3 Å². The lowest BCUT2D eigenvalue weighted by Gasteiger charge is -2.36. The van der Waals surface area contributed by atoms with Gasteiger partial charge in [0.05, 0.1) is 12.6 Å². The van der Waals surface area contributed by atoms with Gasteiger partial charge in [-0.25, -0.2) is 4.98 Å². The molecule has 1 aromatic heterocycles. The first-order chi connectivity index (χ1) is 7.85. The van der Waals surface area contributed by atoms with Gasteiger partial charge in [0.25, 0.3) is 0 Å². The van der Waals surface area contributed by atoms with Crippen LogP contribution < -0.4 is 10.2 Å². The topological polar surface area (TPSA) is 48.4 Å². The predicted molar refractivity (Wildman–Crippen MR) is 65.9 cm³/mol. The Hall–Kier alpha value is -1.29. The van der Waals surface area contributed by atoms with Crippen LogP contribution in [0.3, 0.4) is 0 Å². The van der Waals surface area contributed by atoms with Gasteiger partial charge in [0.15, 0.2) is 0 Å². The first kappa shape index (κ1) is 11.2. The van der Waals surface area contributed by atoms with Gasteiger partial charge in [-0.15, -0.1) is 0 Å². The molecular formula is C12H19N3O. The molecule has 0 spiro atoms. The normalized spacial score (nSPS) is 20.9. The molecule has 1 aliphatic rings. The molecule has 2 rings (SSSR count). The summed E-state index contributed by atoms with van der Waals surface area (Å²) in [4.78, 5) is 6.49. The number of nitrogens with zero attached hydrogens (tertiary/aromatic N) is 2. The highest BCUT2D eigenvalue weighted by Gasteiger charge is 2.21. The Labute approximate surface area is 96.3 Å². The van der Waals surface area contributed by atoms with Crippen molar-refractivity contribution in [1.29, 1.82) is 0 Å². The maximum atomic E-state index is 9.38. The quantitative estimate of drug-likeness (QED) is 0.811. The third-order valence-electron chi connectivity index (χ3n) is 3.17. The lowest BCUT2D eigenvalue weighted by molar-refractivity contribution is 0.240. The number of piperidine rings is 1. The number of aliphatic hydroxyl groups is 1. The Morgan fingerprint density at radius 3 is 3.19 bits per heavy atom. The van der Waals surface area contributed by atoms with E-state index in [9.17, 15) is 5.11 Å². The van der Waals surface area contributed by atoms with Crippen LogP contribution in [0.25, 0.3) is 0 Å². The zero-order chi connectivity index (χ0) is 11.4. The standard InChI is InChI=1S/C12H19N3O/c1-13-12-8-10(5-6-14-12)15-7-3-2-4-11(15)9-16/h5-6,8,11,16H,2-4,7,9H2,1H3,(H,13,14). The molecule has 0 amide bonds. The molecule has 4 nitrogen and oxygen atoms in total. The number of nitrogens with one attached hydrogen (secondary N) is 1. The molecule has 1 aromatic rings. The summed E-state index contributed by atoms with van der Waals surface area (Å²) in [7, 11) is 1.87. The van der Waals surface area contributed by atoms with E-state index >= 15 is 0 Å². The number of hydrogen-bond acceptors (Lipinski definition) is 4. The van der Waals surface area contributed by atoms with E-state index in [2.05, 4.69) is 15.2 Å². The van der Waals surface area contributed by atoms with E-state index in [-0.39, 0.29) is 12.6 Å². The summed E-state index contributed by atoms with van der Waals surface area (Å²) in [6, 6.07) is 4.31. The summed E-state index contributed by atoms with van der Waals surface area (Å²) in [6.07, 6.45) is 5.30. The highest BCUT2D eigenvalue weighted by Crippen LogP contribution is 2.25. The molecule has 88 valence electrons. The molecule has 2 heterocycles. The minimum Gasteiger partial charge on any atom is -0.394 e. The second-order valence-electron chi connectivity index (χ2n) is 4.17. The Kier molecular flexibility index (Phi) is 3.62. The second kappa shape index (κ2) is 5.16. The van der Waals surface area contributed by atoms with E-state index in [0.717, 1.165) is 24.5 Å². The van der Waals surface area contributed by atoms with Crippen LogP contribution in [0.2, 0.25) is 0 Å². The smallest absolute Gasteiger partial charge is 0.127 e. The molecule has 1 aliphatic heterocycles. The Morgan fingerprint density at radius 1 is 1.56 bits per heavy atom. The van der Waals surface area contributed by atoms with Crippen molar-refractivity contribution in [3.05, 3.63) is 18.3 Å². The van der Waals surface area contributed by atoms with Crippen LogP contribution in [0.4, 0.5) is 11.5 Å². The van der Waals surface area contributed by atoms with Crippen LogP contribution >= 0.6 is 0 Å². The van der Waals surface area contributed by atoms with E-state index in [1.807, 2.05) is 25.4 Å². The maximum Gasteiger partial charge on any atom is 0.127 e. The van der Waals surface area contributed by atoms with Crippen LogP contribution in [0, 0.1) is 0 Å². The molecule has 1 fully saturated rings. The zero-order valence-electron chi connectivity index (χ0n) is 9.69. The van der Waals surface area contributed by atoms with Crippen molar-refractivity contribution in [3.8, 4) is 0 Å². The lowest BCUT2D eigenvalue weighted by atomic mass is 10.0. The van der Waals surface area contributed by atoms with Gasteiger partial charge in [-0.1, -0.05) is 0 Å². The van der Waals surface area contributed by atoms with E-state index in [1.54, 1.807) is 0 Å². The van der Waals surface area contributed by atoms with Gasteiger partial charge in [0.2, 0.25) is 0 Å². The van der Waals surface area contributed by atoms with Gasteiger partial charge in [0, 0.05) is 31.5 Å². The first-order valence-electron chi connectivity index (χ1n) is 5.86. The van der Waals surface area contributed by atoms with Gasteiger partial charge >= 0.3 is 0 Å². The predicted octanol–water partition coefficient (Wildman–Crippen LogP) is 1.47. The second-order valence-corrected chi connectivity index (χ2v) is 4.17. The molecule has 16 heavy (non-hydrogen) atoms. The monoisotopic (exact) mass is 221 g/mol. The average molecular weight is 221 g/mol. The maximum absolute atomic E-state index is 9.38. The minimum absolute atomic E-state index is 0.233. The third-order valence-corrected chi connectivity index (χ3v) is 3.17. The molecule has 0 aliphatic carbocycles. The van der Waals surface area contributed by atoms with Crippen LogP contribution in [0.1, 0.15) is 19.3 Å². The number of pyridine rings is 1. The molecule has 0 radical (unpaired) electrons. The molecule has 0 saturated carbocycles. The molecule has 0 bridgehead atoms. The first-order valence-corrected chi connectivity index (χ1v) is 5.86. The summed E-state index contributed by atoms with van der Waals surface area (Å²) in [5, 5.41) is 12.4. The molecule has 1 atom stereocenters. The van der Waals surface area contributed by atoms with E-state index in [1.165, 1.54) is 12.8 Å². The fourth-order valence-corrected chi connectivity index (χ4v) is 2.27. The van der Waals surface area contributed by atoms with E-state index < -0.39 is 0 Å². The van der Waals surface area contributed by atoms with Gasteiger partial charge in [-0.05, 0) is 25.3 Å². The zero-order valence-corrected chi connectivity index (χ0v) is 9.69. The summed E-state index contributed by atoms with van der Waals surface area (Å²) in [5.74, 6) is 0.875. The fourth-order valence-electron chi connectivity index (χ4n) is 2.27. The molecule has 4 heteroatoms. The van der Waals surface area contributed by atoms with Crippen LogP contribution in [0.5, 0.6) is 0 Å². The SMILES string of the molecule is CNc1cc(N2CCCCC2CO)ccn1. The van der Waals surface area contributed by atoms with Crippen molar-refractivity contribution >= 4 is 11.5 Å². The third kappa shape index (κ3) is 2.27. The van der Waals surface area contributed by atoms with Crippen molar-refractivity contribution in [2.45, 2.75) is 25.3 Å². The fraction of sp³-hybridized carbons (Fsp3) is 0.583. The van der Waals surface area contributed by atoms with Crippen LogP contribution in [-0.4, -0.2) is 36.3 Å². The summed E-state index contributed by atoms with van der Waals surface area (Å²) in [5.41, 5.74) is 1.15. The molecule has 2 N–H and O–H groups in total. The van der Waals surface area contributed by atoms with E-state index in [4.69, 9.17) is 0 Å². The minimum atomic E-state index is 0.233. The number of aliphatic hydroxyl groups excluding tert-OH is 1. The van der Waals surface area contributed by atoms with Crippen LogP contribution in [-0.2, 0) is 0 Å². The highest BCUT2D eigenvalue weighted by atomic mass is 16.3. The van der Waals surface area contributed by atoms with Gasteiger partial charge in [-0.3, -0.25) is 0 Å². The summed E-state index contributed by atoms with van der Waals surface area (Å²) < 4.78 is 0. The Morgan fingerprint density at radius 2 is 2.44 bits per heavy atom. The van der Waals surface area contributed by atoms with E-state index in [0.29, 0.717) is 0 Å². The van der Waals surface area contributed by atoms with Crippen molar-refractivity contribution < 1.29 is 5.11 Å². The van der Waals surface area contributed by atoms with Gasteiger partial charge in [0.1, 0.15) is 5.82 Å². The molecular weight excluding hydrogens is 202 g/mol. The Balaban J connectivity index is 2.20. The highest BCUT2D eigenvalue weighted by molar-refractivity contribution is 5.54. The number of aromatic nitrogens is 1. The summed E-state index contributed by atoms with van der Waals surface area (Å²) >= 11 is 0. The number of hydrogen-bond donors (Lipinski definition) is 2. The van der Waals surface area contributed by atoms with Crippen molar-refractivity contribution in [3.63, 3.8) is 0 Å². The number of rotatable bonds is 3. The lowest BCUT2D eigenvalue weighted by Crippen LogP contribution is -2.41. The van der Waals surface area contributed by atoms with Crippen molar-refractivity contribution in [1.82, 2.24) is 4.98 Å². The molecule has 0 aromatic carbocycles. The van der Waals surface area contributed by atoms with Gasteiger partial charge in [-0.2, -0.15) is 0 Å². The van der Waals surface area contributed by atoms with Gasteiger partial charge < -0.3 is 15.3 Å². The Bertz CT molecular complexity index is 343. The average Bonchev–Trinajstić information content (AvgIpc) is 2.38. The largest absolute Gasteiger partial charge is 0.394 e. The summed E-state index contributed by atoms with van der Waals surface area (Å²) in [6.45, 7) is 1.26. The molecule has 1 unspecified atom stereocenters. The number of anilines is 2. The van der Waals surface area contributed by atoms with Crippen molar-refractivity contribution in [2.75, 3.05) is 30.4 Å².